The lowest BCUT2D eigenvalue weighted by atomic mass is 10.2. The van der Waals surface area contributed by atoms with E-state index in [-0.39, 0.29) is 0 Å². The molecule has 1 aliphatic rings. The van der Waals surface area contributed by atoms with Crippen molar-refractivity contribution in [1.82, 2.24) is 0 Å². The van der Waals surface area contributed by atoms with E-state index in [4.69, 9.17) is 5.11 Å². The summed E-state index contributed by atoms with van der Waals surface area (Å²) in [5, 5.41) is 8.69. The first-order valence-electron chi connectivity index (χ1n) is 3.86. The first kappa shape index (κ1) is 7.16. The molecule has 1 aromatic carbocycles. The molecule has 0 radical (unpaired) electrons. The second kappa shape index (κ2) is 2.52. The molecule has 1 heterocycles. The molecule has 2 rings (SSSR count). The SMILES string of the molecule is O=C(O)c1cccc(N2CC2)c1. The minimum atomic E-state index is -0.862. The lowest BCUT2D eigenvalue weighted by Gasteiger charge is -2.02. The van der Waals surface area contributed by atoms with Gasteiger partial charge in [0.15, 0.2) is 0 Å². The normalized spacial score (nSPS) is 14.5. The molecule has 0 amide bonds. The van der Waals surface area contributed by atoms with E-state index in [2.05, 4.69) is 4.90 Å². The zero-order valence-electron chi connectivity index (χ0n) is 6.53. The van der Waals surface area contributed by atoms with Gasteiger partial charge in [0, 0.05) is 18.8 Å². The Balaban J connectivity index is 2.32. The van der Waals surface area contributed by atoms with E-state index in [1.54, 1.807) is 18.2 Å². The van der Waals surface area contributed by atoms with Gasteiger partial charge in [-0.15, -0.1) is 0 Å². The fraction of sp³-hybridized carbons (Fsp3) is 0.222. The van der Waals surface area contributed by atoms with Crippen LogP contribution in [0.3, 0.4) is 0 Å². The highest BCUT2D eigenvalue weighted by atomic mass is 16.4. The van der Waals surface area contributed by atoms with Gasteiger partial charge in [-0.25, -0.2) is 4.79 Å². The summed E-state index contributed by atoms with van der Waals surface area (Å²) in [5.74, 6) is -0.862. The highest BCUT2D eigenvalue weighted by Crippen LogP contribution is 2.21. The summed E-state index contributed by atoms with van der Waals surface area (Å²) in [5.41, 5.74) is 1.37. The molecule has 1 saturated heterocycles. The van der Waals surface area contributed by atoms with Gasteiger partial charge in [-0.1, -0.05) is 6.07 Å². The maximum atomic E-state index is 10.6. The number of rotatable bonds is 2. The maximum Gasteiger partial charge on any atom is 0.335 e. The van der Waals surface area contributed by atoms with Crippen LogP contribution in [0.5, 0.6) is 0 Å². The standard InChI is InChI=1S/C9H9NO2/c11-9(12)7-2-1-3-8(6-7)10-4-5-10/h1-3,6H,4-5H2,(H,11,12). The van der Waals surface area contributed by atoms with Crippen LogP contribution in [0, 0.1) is 0 Å². The molecule has 3 heteroatoms. The van der Waals surface area contributed by atoms with Crippen molar-refractivity contribution in [2.75, 3.05) is 18.0 Å². The molecule has 12 heavy (non-hydrogen) atoms. The predicted molar refractivity (Wildman–Crippen MR) is 45.6 cm³/mol. The Bertz CT molecular complexity index is 318. The van der Waals surface area contributed by atoms with Gasteiger partial charge in [-0.2, -0.15) is 0 Å². The largest absolute Gasteiger partial charge is 0.478 e. The van der Waals surface area contributed by atoms with E-state index in [9.17, 15) is 4.79 Å². The van der Waals surface area contributed by atoms with E-state index in [0.717, 1.165) is 18.8 Å². The number of carboxylic acids is 1. The summed E-state index contributed by atoms with van der Waals surface area (Å²) in [7, 11) is 0. The van der Waals surface area contributed by atoms with E-state index < -0.39 is 5.97 Å². The van der Waals surface area contributed by atoms with Gasteiger partial charge in [0.2, 0.25) is 0 Å². The molecular weight excluding hydrogens is 154 g/mol. The highest BCUT2D eigenvalue weighted by molar-refractivity contribution is 5.88. The van der Waals surface area contributed by atoms with Crippen molar-refractivity contribution in [3.05, 3.63) is 29.8 Å². The molecule has 1 aliphatic heterocycles. The molecule has 0 aromatic heterocycles. The molecule has 0 atom stereocenters. The molecule has 1 aromatic rings. The van der Waals surface area contributed by atoms with Gasteiger partial charge in [-0.05, 0) is 18.2 Å². The van der Waals surface area contributed by atoms with Crippen LogP contribution in [0.15, 0.2) is 24.3 Å². The average Bonchev–Trinajstić information content (AvgIpc) is 2.87. The van der Waals surface area contributed by atoms with Crippen LogP contribution >= 0.6 is 0 Å². The molecule has 0 unspecified atom stereocenters. The number of hydrogen-bond acceptors (Lipinski definition) is 2. The molecule has 62 valence electrons. The van der Waals surface area contributed by atoms with Crippen molar-refractivity contribution < 1.29 is 9.90 Å². The Morgan fingerprint density at radius 2 is 2.17 bits per heavy atom. The van der Waals surface area contributed by atoms with Gasteiger partial charge in [0.25, 0.3) is 0 Å². The quantitative estimate of drug-likeness (QED) is 0.666. The molecule has 3 nitrogen and oxygen atoms in total. The Labute approximate surface area is 70.2 Å². The Kier molecular flexibility index (Phi) is 1.50. The number of carbonyl (C=O) groups is 1. The fourth-order valence-electron chi connectivity index (χ4n) is 1.14. The van der Waals surface area contributed by atoms with Crippen LogP contribution < -0.4 is 4.90 Å². The van der Waals surface area contributed by atoms with Crippen LogP contribution in [-0.4, -0.2) is 24.2 Å². The number of nitrogens with zero attached hydrogens (tertiary/aromatic N) is 1. The summed E-state index contributed by atoms with van der Waals surface area (Å²) in [6, 6.07) is 7.02. The topological polar surface area (TPSA) is 40.3 Å². The van der Waals surface area contributed by atoms with Crippen molar-refractivity contribution in [3.8, 4) is 0 Å². The third kappa shape index (κ3) is 1.25. The van der Waals surface area contributed by atoms with Gasteiger partial charge in [0.1, 0.15) is 0 Å². The summed E-state index contributed by atoms with van der Waals surface area (Å²) in [6.45, 7) is 2.09. The third-order valence-electron chi connectivity index (χ3n) is 1.91. The molecule has 1 N–H and O–H groups in total. The first-order chi connectivity index (χ1) is 5.77. The van der Waals surface area contributed by atoms with E-state index in [0.29, 0.717) is 5.56 Å². The van der Waals surface area contributed by atoms with Crippen LogP contribution in [0.4, 0.5) is 5.69 Å². The predicted octanol–water partition coefficient (Wildman–Crippen LogP) is 1.20. The average molecular weight is 163 g/mol. The number of carboxylic acid groups (broad SMARTS) is 1. The fourth-order valence-corrected chi connectivity index (χ4v) is 1.14. The molecule has 0 spiro atoms. The highest BCUT2D eigenvalue weighted by Gasteiger charge is 2.18. The van der Waals surface area contributed by atoms with Crippen LogP contribution in [0.1, 0.15) is 10.4 Å². The zero-order valence-corrected chi connectivity index (χ0v) is 6.53. The molecule has 1 fully saturated rings. The summed E-state index contributed by atoms with van der Waals surface area (Å²) < 4.78 is 0. The molecule has 0 aliphatic carbocycles. The van der Waals surface area contributed by atoms with Gasteiger partial charge in [0.05, 0.1) is 5.56 Å². The van der Waals surface area contributed by atoms with Crippen LogP contribution in [0.25, 0.3) is 0 Å². The van der Waals surface area contributed by atoms with Gasteiger partial charge < -0.3 is 10.0 Å². The summed E-state index contributed by atoms with van der Waals surface area (Å²) >= 11 is 0. The lowest BCUT2D eigenvalue weighted by molar-refractivity contribution is 0.0697. The monoisotopic (exact) mass is 163 g/mol. The van der Waals surface area contributed by atoms with E-state index in [1.165, 1.54) is 0 Å². The lowest BCUT2D eigenvalue weighted by Crippen LogP contribution is -1.98. The van der Waals surface area contributed by atoms with Crippen LogP contribution in [0.2, 0.25) is 0 Å². The van der Waals surface area contributed by atoms with Crippen molar-refractivity contribution >= 4 is 11.7 Å². The van der Waals surface area contributed by atoms with Crippen molar-refractivity contribution in [1.29, 1.82) is 0 Å². The van der Waals surface area contributed by atoms with E-state index in [1.807, 2.05) is 6.07 Å². The maximum absolute atomic E-state index is 10.6. The van der Waals surface area contributed by atoms with Crippen molar-refractivity contribution in [2.45, 2.75) is 0 Å². The van der Waals surface area contributed by atoms with Gasteiger partial charge in [-0.3, -0.25) is 0 Å². The van der Waals surface area contributed by atoms with E-state index >= 15 is 0 Å². The number of aromatic carboxylic acids is 1. The molecule has 0 bridgehead atoms. The molecule has 0 saturated carbocycles. The number of anilines is 1. The minimum Gasteiger partial charge on any atom is -0.478 e. The molecular formula is C9H9NO2. The number of benzene rings is 1. The van der Waals surface area contributed by atoms with Crippen LogP contribution in [-0.2, 0) is 0 Å². The van der Waals surface area contributed by atoms with Gasteiger partial charge >= 0.3 is 5.97 Å². The smallest absolute Gasteiger partial charge is 0.335 e. The van der Waals surface area contributed by atoms with Crippen molar-refractivity contribution in [3.63, 3.8) is 0 Å². The second-order valence-corrected chi connectivity index (χ2v) is 2.84. The first-order valence-corrected chi connectivity index (χ1v) is 3.86. The zero-order chi connectivity index (χ0) is 8.55. The van der Waals surface area contributed by atoms with Crippen molar-refractivity contribution in [2.24, 2.45) is 0 Å². The third-order valence-corrected chi connectivity index (χ3v) is 1.91. The second-order valence-electron chi connectivity index (χ2n) is 2.84. The summed E-state index contributed by atoms with van der Waals surface area (Å²) in [6.07, 6.45) is 0. The summed E-state index contributed by atoms with van der Waals surface area (Å²) in [4.78, 5) is 12.7. The Morgan fingerprint density at radius 1 is 1.42 bits per heavy atom. The number of hydrogen-bond donors (Lipinski definition) is 1. The minimum absolute atomic E-state index is 0.361. The Hall–Kier alpha value is -1.51. The Morgan fingerprint density at radius 3 is 2.75 bits per heavy atom.